The van der Waals surface area contributed by atoms with E-state index in [4.69, 9.17) is 4.74 Å². The molecule has 0 aromatic heterocycles. The van der Waals surface area contributed by atoms with Crippen LogP contribution >= 0.6 is 0 Å². The maximum atomic E-state index is 5.35. The van der Waals surface area contributed by atoms with Gasteiger partial charge in [0.2, 0.25) is 0 Å². The molecule has 1 aliphatic rings. The van der Waals surface area contributed by atoms with Crippen molar-refractivity contribution in [2.45, 2.75) is 33.1 Å². The van der Waals surface area contributed by atoms with Crippen LogP contribution in [-0.2, 0) is 23.3 Å². The quantitative estimate of drug-likeness (QED) is 0.621. The predicted molar refractivity (Wildman–Crippen MR) is 42.7 cm³/mol. The third-order valence-electron chi connectivity index (χ3n) is 1.87. The van der Waals surface area contributed by atoms with Crippen LogP contribution < -0.4 is 0 Å². The molecule has 0 aromatic carbocycles. The summed E-state index contributed by atoms with van der Waals surface area (Å²) in [5, 5.41) is 0. The molecule has 0 spiro atoms. The van der Waals surface area contributed by atoms with Gasteiger partial charge < -0.3 is 4.74 Å². The Kier molecular flexibility index (Phi) is 5.80. The molecule has 63 valence electrons. The van der Waals surface area contributed by atoms with E-state index in [0.29, 0.717) is 0 Å². The third kappa shape index (κ3) is 5.40. The second-order valence-corrected chi connectivity index (χ2v) is 3.09. The Labute approximate surface area is 81.1 Å². The average molecular weight is 191 g/mol. The van der Waals surface area contributed by atoms with Crippen molar-refractivity contribution in [1.29, 1.82) is 0 Å². The van der Waals surface area contributed by atoms with Gasteiger partial charge in [0.05, 0.1) is 12.9 Å². The van der Waals surface area contributed by atoms with E-state index in [2.05, 4.69) is 13.8 Å². The Balaban J connectivity index is 0.000001000. The fourth-order valence-corrected chi connectivity index (χ4v) is 0.694. The number of allylic oxidation sites excluding steroid dienone is 1. The van der Waals surface area contributed by atoms with Gasteiger partial charge in [-0.15, -0.1) is 0 Å². The van der Waals surface area contributed by atoms with Crippen LogP contribution in [0.15, 0.2) is 11.8 Å². The van der Waals surface area contributed by atoms with Gasteiger partial charge in [0.25, 0.3) is 0 Å². The minimum atomic E-state index is 0. The second-order valence-electron chi connectivity index (χ2n) is 3.09. The molecule has 2 heteroatoms. The molecular formula is C9H16OV. The topological polar surface area (TPSA) is 9.23 Å². The molecule has 1 fully saturated rings. The molecule has 0 N–H and O–H groups in total. The van der Waals surface area contributed by atoms with Crippen LogP contribution in [0.5, 0.6) is 0 Å². The largest absolute Gasteiger partial charge is 0.501 e. The number of hydrogen-bond acceptors (Lipinski definition) is 1. The van der Waals surface area contributed by atoms with Crippen LogP contribution in [0.25, 0.3) is 0 Å². The van der Waals surface area contributed by atoms with Gasteiger partial charge in [-0.25, -0.2) is 0 Å². The standard InChI is InChI=1S/C9H16O.V/c1-3-8(2)6-10-7-9-4-5-9;/h6,9H,3-5,7H2,1-2H3;/b8-6+;. The Morgan fingerprint density at radius 1 is 1.55 bits per heavy atom. The van der Waals surface area contributed by atoms with E-state index in [-0.39, 0.29) is 18.6 Å². The smallest absolute Gasteiger partial charge is 0.0901 e. The predicted octanol–water partition coefficient (Wildman–Crippen LogP) is 2.72. The van der Waals surface area contributed by atoms with Crippen LogP contribution in [0.4, 0.5) is 0 Å². The molecule has 1 saturated carbocycles. The van der Waals surface area contributed by atoms with E-state index in [1.165, 1.54) is 18.4 Å². The van der Waals surface area contributed by atoms with Crippen molar-refractivity contribution in [3.63, 3.8) is 0 Å². The molecule has 1 radical (unpaired) electrons. The van der Waals surface area contributed by atoms with E-state index >= 15 is 0 Å². The molecule has 0 bridgehead atoms. The van der Waals surface area contributed by atoms with Crippen LogP contribution in [0.2, 0.25) is 0 Å². The summed E-state index contributed by atoms with van der Waals surface area (Å²) in [4.78, 5) is 0. The zero-order valence-corrected chi connectivity index (χ0v) is 8.74. The summed E-state index contributed by atoms with van der Waals surface area (Å²) in [5.41, 5.74) is 1.33. The zero-order chi connectivity index (χ0) is 7.40. The molecule has 0 aliphatic heterocycles. The van der Waals surface area contributed by atoms with Crippen LogP contribution in [0.1, 0.15) is 33.1 Å². The minimum Gasteiger partial charge on any atom is -0.501 e. The maximum Gasteiger partial charge on any atom is 0.0901 e. The molecule has 1 aliphatic carbocycles. The van der Waals surface area contributed by atoms with Crippen molar-refractivity contribution in [3.8, 4) is 0 Å². The first-order chi connectivity index (χ1) is 4.83. The summed E-state index contributed by atoms with van der Waals surface area (Å²) in [6, 6.07) is 0. The van der Waals surface area contributed by atoms with Gasteiger partial charge in [0.15, 0.2) is 0 Å². The van der Waals surface area contributed by atoms with Gasteiger partial charge in [-0.3, -0.25) is 0 Å². The van der Waals surface area contributed by atoms with Crippen molar-refractivity contribution in [1.82, 2.24) is 0 Å². The van der Waals surface area contributed by atoms with E-state index in [1.807, 2.05) is 6.26 Å². The molecule has 0 atom stereocenters. The van der Waals surface area contributed by atoms with Crippen LogP contribution in [0, 0.1) is 5.92 Å². The van der Waals surface area contributed by atoms with Gasteiger partial charge in [0, 0.05) is 18.6 Å². The molecule has 0 aromatic rings. The van der Waals surface area contributed by atoms with Crippen molar-refractivity contribution >= 4 is 0 Å². The minimum absolute atomic E-state index is 0. The second kappa shape index (κ2) is 5.73. The van der Waals surface area contributed by atoms with E-state index in [0.717, 1.165) is 18.9 Å². The third-order valence-corrected chi connectivity index (χ3v) is 1.87. The number of hydrogen-bond donors (Lipinski definition) is 0. The van der Waals surface area contributed by atoms with Crippen LogP contribution in [0.3, 0.4) is 0 Å². The maximum absolute atomic E-state index is 5.35. The fraction of sp³-hybridized carbons (Fsp3) is 0.778. The fourth-order valence-electron chi connectivity index (χ4n) is 0.694. The van der Waals surface area contributed by atoms with Crippen molar-refractivity contribution < 1.29 is 23.3 Å². The first-order valence-electron chi connectivity index (χ1n) is 4.10. The summed E-state index contributed by atoms with van der Waals surface area (Å²) < 4.78 is 5.35. The van der Waals surface area contributed by atoms with E-state index < -0.39 is 0 Å². The van der Waals surface area contributed by atoms with E-state index in [1.54, 1.807) is 0 Å². The first kappa shape index (κ1) is 11.1. The van der Waals surface area contributed by atoms with Gasteiger partial charge in [0.1, 0.15) is 0 Å². The number of rotatable bonds is 4. The first-order valence-corrected chi connectivity index (χ1v) is 4.10. The van der Waals surface area contributed by atoms with Crippen molar-refractivity contribution in [2.75, 3.05) is 6.61 Å². The molecular weight excluding hydrogens is 175 g/mol. The molecule has 0 unspecified atom stereocenters. The Hall–Kier alpha value is 0.124. The molecule has 0 saturated heterocycles. The monoisotopic (exact) mass is 191 g/mol. The zero-order valence-electron chi connectivity index (χ0n) is 7.34. The molecule has 1 rings (SSSR count). The van der Waals surface area contributed by atoms with Gasteiger partial charge in [-0.05, 0) is 37.7 Å². The average Bonchev–Trinajstić information content (AvgIpc) is 2.71. The Bertz CT molecular complexity index is 128. The normalized spacial score (nSPS) is 17.5. The molecule has 0 amide bonds. The van der Waals surface area contributed by atoms with E-state index in [9.17, 15) is 0 Å². The van der Waals surface area contributed by atoms with Gasteiger partial charge in [-0.2, -0.15) is 0 Å². The van der Waals surface area contributed by atoms with Crippen molar-refractivity contribution in [2.24, 2.45) is 5.92 Å². The Morgan fingerprint density at radius 3 is 2.64 bits per heavy atom. The van der Waals surface area contributed by atoms with Gasteiger partial charge in [-0.1, -0.05) is 6.92 Å². The van der Waals surface area contributed by atoms with Crippen LogP contribution in [-0.4, -0.2) is 6.61 Å². The van der Waals surface area contributed by atoms with Gasteiger partial charge >= 0.3 is 0 Å². The Morgan fingerprint density at radius 2 is 2.18 bits per heavy atom. The summed E-state index contributed by atoms with van der Waals surface area (Å²) in [7, 11) is 0. The molecule has 0 heterocycles. The summed E-state index contributed by atoms with van der Waals surface area (Å²) in [6.07, 6.45) is 5.75. The summed E-state index contributed by atoms with van der Waals surface area (Å²) >= 11 is 0. The molecule has 11 heavy (non-hydrogen) atoms. The SMILES string of the molecule is CC/C(C)=C/OCC1CC1.[V]. The molecule has 1 nitrogen and oxygen atoms in total. The number of ether oxygens (including phenoxy) is 1. The summed E-state index contributed by atoms with van der Waals surface area (Å²) in [5.74, 6) is 0.876. The van der Waals surface area contributed by atoms with Crippen molar-refractivity contribution in [3.05, 3.63) is 11.8 Å². The summed E-state index contributed by atoms with van der Waals surface area (Å²) in [6.45, 7) is 5.19.